The normalized spacial score (nSPS) is 48.2. The molecule has 13 aliphatic heterocycles. The van der Waals surface area contributed by atoms with Crippen LogP contribution in [-0.2, 0) is 75.6 Å². The molecule has 0 amide bonds. The lowest BCUT2D eigenvalue weighted by atomic mass is 9.79. The molecule has 30 atom stereocenters. The Morgan fingerprint density at radius 3 is 2.12 bits per heavy atom. The van der Waals surface area contributed by atoms with E-state index in [1.54, 1.807) is 7.11 Å². The fraction of sp³-hybridized carbons (Fsp3) is 0.910. The monoisotopic (exact) mass is 1210 g/mol. The molecule has 13 fully saturated rings. The van der Waals surface area contributed by atoms with Crippen molar-refractivity contribution in [3.8, 4) is 0 Å². The minimum Gasteiger partial charge on any atom is -0.459 e. The number of ketones is 1. The molecule has 1 N–H and O–H groups in total. The van der Waals surface area contributed by atoms with Crippen molar-refractivity contribution in [2.24, 2.45) is 29.6 Å². The third-order valence-electron chi connectivity index (χ3n) is 23.4. The van der Waals surface area contributed by atoms with Gasteiger partial charge in [0.1, 0.15) is 42.4 Å². The van der Waals surface area contributed by atoms with Crippen LogP contribution in [0, 0.1) is 29.6 Å². The number of esters is 1. The molecular weight excluding hydrogens is 1100 g/mol. The number of fused-ring (bicyclic) bond motifs is 8. The third-order valence-corrected chi connectivity index (χ3v) is 28.0. The van der Waals surface area contributed by atoms with E-state index in [-0.39, 0.29) is 128 Å². The first-order valence-corrected chi connectivity index (χ1v) is 36.5. The maximum atomic E-state index is 14.7. The summed E-state index contributed by atoms with van der Waals surface area (Å²) in [7, 11) is -0.581. The zero-order valence-corrected chi connectivity index (χ0v) is 54.0. The average molecular weight is 1210 g/mol. The van der Waals surface area contributed by atoms with E-state index in [2.05, 4.69) is 75.5 Å². The zero-order valence-electron chi connectivity index (χ0n) is 53.0. The number of carbonyl (C=O) groups is 2. The highest BCUT2D eigenvalue weighted by molar-refractivity contribution is 6.73. The molecule has 17 nitrogen and oxygen atoms in total. The topological polar surface area (TPSA) is 184 Å². The smallest absolute Gasteiger partial charge is 0.308 e. The number of Topliss-reactive ketones (excluding diaryl/α,β-unsaturated/α-hetero) is 1. The summed E-state index contributed by atoms with van der Waals surface area (Å²) in [5.41, 5.74) is 2.12. The number of hydrogen-bond acceptors (Lipinski definition) is 17. The van der Waals surface area contributed by atoms with Crippen molar-refractivity contribution in [1.82, 2.24) is 0 Å². The van der Waals surface area contributed by atoms with Gasteiger partial charge >= 0.3 is 5.97 Å². The average Bonchev–Trinajstić information content (AvgIpc) is 1.84. The summed E-state index contributed by atoms with van der Waals surface area (Å²) in [5, 5.41) is 12.4. The predicted octanol–water partition coefficient (Wildman–Crippen LogP) is 9.98. The molecule has 13 rings (SSSR count). The molecule has 0 saturated carbocycles. The molecular formula is C67H106O17Si. The van der Waals surface area contributed by atoms with Gasteiger partial charge in [0.2, 0.25) is 0 Å². The van der Waals surface area contributed by atoms with E-state index in [1.165, 1.54) is 0 Å². The molecule has 13 aliphatic rings. The van der Waals surface area contributed by atoms with E-state index in [9.17, 15) is 14.7 Å². The Morgan fingerprint density at radius 2 is 1.35 bits per heavy atom. The Balaban J connectivity index is 0.751. The van der Waals surface area contributed by atoms with Gasteiger partial charge in [-0.05, 0) is 124 Å². The number of rotatable bonds is 15. The number of carbonyl (C=O) groups excluding carboxylic acids is 2. The molecule has 0 aromatic rings. The van der Waals surface area contributed by atoms with Crippen molar-refractivity contribution in [2.75, 3.05) is 7.11 Å². The lowest BCUT2D eigenvalue weighted by Crippen LogP contribution is -2.62. The van der Waals surface area contributed by atoms with E-state index in [1.807, 2.05) is 0 Å². The first-order chi connectivity index (χ1) is 40.8. The van der Waals surface area contributed by atoms with Crippen LogP contribution in [0.1, 0.15) is 178 Å². The molecule has 0 aromatic heterocycles. The fourth-order valence-corrected chi connectivity index (χ4v) is 21.2. The van der Waals surface area contributed by atoms with Crippen molar-refractivity contribution < 1.29 is 80.7 Å². The quantitative estimate of drug-likeness (QED) is 0.0927. The molecule has 85 heavy (non-hydrogen) atoms. The van der Waals surface area contributed by atoms with Gasteiger partial charge < -0.3 is 71.1 Å². The van der Waals surface area contributed by atoms with Crippen LogP contribution in [0.4, 0.5) is 0 Å². The number of hydrogen-bond donors (Lipinski definition) is 1. The van der Waals surface area contributed by atoms with Crippen molar-refractivity contribution in [3.63, 3.8) is 0 Å². The number of aliphatic hydroxyl groups excluding tert-OH is 1. The maximum Gasteiger partial charge on any atom is 0.308 e. The van der Waals surface area contributed by atoms with Gasteiger partial charge in [-0.15, -0.1) is 0 Å². The van der Waals surface area contributed by atoms with E-state index < -0.39 is 81.2 Å². The van der Waals surface area contributed by atoms with Crippen molar-refractivity contribution >= 4 is 20.1 Å². The Kier molecular flexibility index (Phi) is 19.5. The molecule has 0 aromatic carbocycles. The van der Waals surface area contributed by atoms with Gasteiger partial charge in [-0.3, -0.25) is 9.59 Å². The summed E-state index contributed by atoms with van der Waals surface area (Å²) >= 11 is 0. The van der Waals surface area contributed by atoms with Gasteiger partial charge in [0, 0.05) is 51.6 Å². The van der Waals surface area contributed by atoms with E-state index in [0.29, 0.717) is 50.4 Å². The highest BCUT2D eigenvalue weighted by atomic mass is 28.4. The summed E-state index contributed by atoms with van der Waals surface area (Å²) < 4.78 is 96.0. The second-order valence-electron chi connectivity index (χ2n) is 29.0. The summed E-state index contributed by atoms with van der Waals surface area (Å²) in [6.45, 7) is 28.9. The highest BCUT2D eigenvalue weighted by Gasteiger charge is 2.69. The molecule has 480 valence electrons. The minimum atomic E-state index is -2.24. The number of aliphatic hydroxyl groups is 1. The van der Waals surface area contributed by atoms with Crippen LogP contribution < -0.4 is 0 Å². The van der Waals surface area contributed by atoms with Crippen LogP contribution in [0.15, 0.2) is 24.3 Å². The van der Waals surface area contributed by atoms with Crippen LogP contribution in [-0.4, -0.2) is 185 Å². The lowest BCUT2D eigenvalue weighted by Gasteiger charge is -2.51. The maximum absolute atomic E-state index is 14.7. The second kappa shape index (κ2) is 26.1. The zero-order chi connectivity index (χ0) is 59.8. The first-order valence-electron chi connectivity index (χ1n) is 34.0. The standard InChI is InChI=1S/C67H106O17Si/c1-13-47-36(7)27-53-59(77-47)38(9)26-45(74-53)25-37(8)58(84-85(14-2,15-3)16-4)46(69)28-41(68)29-52-51(71-12)32-55-60(79-52)40(11)61-54(76-55)31-50-39(10)34(5)23-42(73-50)17-19-48-35(6)24-44(72-48)21-22-67-33-56-63(82-67)64-65(80-56)66(83-67)62-49(78-64)20-18-43(75-62)30-57(70)81-61/h34,36-38,40,42-56,58-66,69H,6,10,13-33H2,1-5,7-9,11-12H3/t34-,36-,37+,38+,40+,42+,43-,44+,45-,46+,47-,48+,49+,50?,51-,52-,53?,54+,55+,56-,58+,59+,60+,61-,62+,63-,64?,65?,66+,67+/m1/s1. The van der Waals surface area contributed by atoms with Crippen LogP contribution in [0.2, 0.25) is 18.1 Å². The van der Waals surface area contributed by atoms with Crippen LogP contribution in [0.3, 0.4) is 0 Å². The highest BCUT2D eigenvalue weighted by Crippen LogP contribution is 2.55. The van der Waals surface area contributed by atoms with Crippen molar-refractivity contribution in [2.45, 2.75) is 348 Å². The summed E-state index contributed by atoms with van der Waals surface area (Å²) in [6, 6.07) is 2.77. The first kappa shape index (κ1) is 63.4. The summed E-state index contributed by atoms with van der Waals surface area (Å²) in [5.74, 6) is -0.784. The van der Waals surface area contributed by atoms with Gasteiger partial charge in [-0.2, -0.15) is 0 Å². The van der Waals surface area contributed by atoms with Gasteiger partial charge in [0.05, 0.1) is 116 Å². The van der Waals surface area contributed by atoms with Crippen LogP contribution in [0.5, 0.6) is 0 Å². The molecule has 1 spiro atoms. The van der Waals surface area contributed by atoms with Gasteiger partial charge in [-0.25, -0.2) is 0 Å². The molecule has 13 saturated heterocycles. The Hall–Kier alpha value is -1.72. The summed E-state index contributed by atoms with van der Waals surface area (Å²) in [4.78, 5) is 29.2. The largest absolute Gasteiger partial charge is 0.459 e. The SMILES string of the molecule is C=C1C2C[C@@H]3O[C@H]4C[C@@H](OC)[C@@H](CC(=O)C[C@H](O)[C@@H](O[Si](CC)(CC)CC)[C@@H](C)C[C@@H]5C[C@H](C)[C@@H]6O[C@H](CC)[C@H](C)CC6O5)O[C@H]4[C@H](C)[C@H]3OC(=O)C[C@H]3CC[C@@H]4OC5C6O[C@@H]7C[C@](CC[C@H]8CC(=C)[C@H](CC[C@@H](C[C@H]1C)O2)O8)(O[C@H]6[C@H]4O3)O[C@@H]57. The van der Waals surface area contributed by atoms with Crippen LogP contribution >= 0.6 is 0 Å². The molecule has 12 bridgehead atoms. The van der Waals surface area contributed by atoms with Crippen molar-refractivity contribution in [3.05, 3.63) is 24.3 Å². The number of methoxy groups -OCH3 is 1. The Labute approximate surface area is 508 Å². The summed E-state index contributed by atoms with van der Waals surface area (Å²) in [6.07, 6.45) is 3.75. The molecule has 13 heterocycles. The lowest BCUT2D eigenvalue weighted by molar-refractivity contribution is -0.293. The minimum absolute atomic E-state index is 0.00217. The van der Waals surface area contributed by atoms with E-state index in [0.717, 1.165) is 87.1 Å². The number of ether oxygens (including phenoxy) is 13. The van der Waals surface area contributed by atoms with Crippen LogP contribution in [0.25, 0.3) is 0 Å². The van der Waals surface area contributed by atoms with Gasteiger partial charge in [0.15, 0.2) is 14.1 Å². The molecule has 0 radical (unpaired) electrons. The Bertz CT molecular complexity index is 2350. The molecule has 18 heteroatoms. The molecule has 4 unspecified atom stereocenters. The fourth-order valence-electron chi connectivity index (χ4n) is 18.2. The van der Waals surface area contributed by atoms with Crippen molar-refractivity contribution in [1.29, 1.82) is 0 Å². The second-order valence-corrected chi connectivity index (χ2v) is 33.7. The predicted molar refractivity (Wildman–Crippen MR) is 317 cm³/mol. The third kappa shape index (κ3) is 12.8. The van der Waals surface area contributed by atoms with E-state index in [4.69, 9.17) is 66.0 Å². The van der Waals surface area contributed by atoms with Gasteiger partial charge in [-0.1, -0.05) is 75.5 Å². The van der Waals surface area contributed by atoms with E-state index >= 15 is 0 Å². The van der Waals surface area contributed by atoms with Gasteiger partial charge in [0.25, 0.3) is 0 Å². The Morgan fingerprint density at radius 1 is 0.659 bits per heavy atom. The molecule has 0 aliphatic carbocycles.